The van der Waals surface area contributed by atoms with Gasteiger partial charge in [-0.05, 0) is 41.8 Å². The first-order valence-electron chi connectivity index (χ1n) is 8.24. The molecule has 3 nitrogen and oxygen atoms in total. The van der Waals surface area contributed by atoms with Crippen molar-refractivity contribution in [3.05, 3.63) is 70.5 Å². The minimum Gasteiger partial charge on any atom is -0.292 e. The van der Waals surface area contributed by atoms with Gasteiger partial charge in [0.25, 0.3) is 0 Å². The lowest BCUT2D eigenvalue weighted by molar-refractivity contribution is 0.868. The van der Waals surface area contributed by atoms with Crippen LogP contribution in [0.15, 0.2) is 59.5 Å². The van der Waals surface area contributed by atoms with Crippen molar-refractivity contribution >= 4 is 38.2 Å². The molecule has 24 heavy (non-hydrogen) atoms. The summed E-state index contributed by atoms with van der Waals surface area (Å²) in [7, 11) is 0. The van der Waals surface area contributed by atoms with Crippen LogP contribution in [0.25, 0.3) is 38.2 Å². The number of para-hydroxylation sites is 1. The summed E-state index contributed by atoms with van der Waals surface area (Å²) in [4.78, 5) is 17.6. The standard InChI is InChI=1S/C21H16N2O/c1-12(2)13-8-9-16-18(11-13)23-19-14(5-3-6-17(19)20(16)24)15-7-4-10-22-21(15)23/h3-12H,1-2H3. The molecule has 0 spiro atoms. The van der Waals surface area contributed by atoms with E-state index in [1.54, 1.807) is 0 Å². The first kappa shape index (κ1) is 13.5. The van der Waals surface area contributed by atoms with Gasteiger partial charge >= 0.3 is 0 Å². The summed E-state index contributed by atoms with van der Waals surface area (Å²) < 4.78 is 2.16. The summed E-state index contributed by atoms with van der Waals surface area (Å²) in [6.07, 6.45) is 1.81. The zero-order valence-corrected chi connectivity index (χ0v) is 13.6. The molecule has 5 rings (SSSR count). The van der Waals surface area contributed by atoms with E-state index in [0.29, 0.717) is 5.92 Å². The van der Waals surface area contributed by atoms with Gasteiger partial charge in [0.2, 0.25) is 0 Å². The van der Waals surface area contributed by atoms with Gasteiger partial charge < -0.3 is 0 Å². The van der Waals surface area contributed by atoms with E-state index in [2.05, 4.69) is 47.5 Å². The minimum atomic E-state index is 0.0983. The predicted octanol–water partition coefficient (Wildman–Crippen LogP) is 4.72. The van der Waals surface area contributed by atoms with Crippen LogP contribution < -0.4 is 5.43 Å². The molecule has 0 bridgehead atoms. The van der Waals surface area contributed by atoms with Crippen LogP contribution in [0.3, 0.4) is 0 Å². The van der Waals surface area contributed by atoms with E-state index in [1.807, 2.05) is 30.5 Å². The first-order chi connectivity index (χ1) is 11.7. The predicted molar refractivity (Wildman–Crippen MR) is 99.3 cm³/mol. The third-order valence-corrected chi connectivity index (χ3v) is 4.97. The third-order valence-electron chi connectivity index (χ3n) is 4.97. The molecule has 0 radical (unpaired) electrons. The Bertz CT molecular complexity index is 1300. The monoisotopic (exact) mass is 312 g/mol. The molecule has 116 valence electrons. The number of hydrogen-bond donors (Lipinski definition) is 0. The molecule has 3 aromatic heterocycles. The molecule has 5 aromatic rings. The van der Waals surface area contributed by atoms with Crippen LogP contribution in [-0.2, 0) is 0 Å². The molecule has 0 fully saturated rings. The molecule has 3 heteroatoms. The van der Waals surface area contributed by atoms with Crippen LogP contribution in [0.4, 0.5) is 0 Å². The van der Waals surface area contributed by atoms with E-state index in [0.717, 1.165) is 38.2 Å². The highest BCUT2D eigenvalue weighted by atomic mass is 16.1. The van der Waals surface area contributed by atoms with Gasteiger partial charge in [0.05, 0.1) is 11.0 Å². The maximum atomic E-state index is 13.0. The number of pyridine rings is 2. The average molecular weight is 312 g/mol. The Balaban J connectivity index is 2.20. The fourth-order valence-corrected chi connectivity index (χ4v) is 3.74. The van der Waals surface area contributed by atoms with Gasteiger partial charge in [0, 0.05) is 27.7 Å². The molecule has 0 aliphatic heterocycles. The van der Waals surface area contributed by atoms with Gasteiger partial charge in [-0.1, -0.05) is 32.0 Å². The SMILES string of the molecule is CC(C)c1ccc2c(=O)c3cccc4c5cccnc5n(c2c1)c34. The van der Waals surface area contributed by atoms with E-state index in [1.165, 1.54) is 5.56 Å². The van der Waals surface area contributed by atoms with Crippen molar-refractivity contribution in [2.24, 2.45) is 0 Å². The number of rotatable bonds is 1. The number of benzene rings is 2. The fourth-order valence-electron chi connectivity index (χ4n) is 3.74. The van der Waals surface area contributed by atoms with Gasteiger partial charge in [0.1, 0.15) is 5.65 Å². The maximum Gasteiger partial charge on any atom is 0.197 e. The van der Waals surface area contributed by atoms with Gasteiger partial charge in [0.15, 0.2) is 5.43 Å². The minimum absolute atomic E-state index is 0.0983. The molecule has 0 saturated carbocycles. The van der Waals surface area contributed by atoms with E-state index in [9.17, 15) is 4.79 Å². The highest BCUT2D eigenvalue weighted by molar-refractivity contribution is 6.15. The molecule has 0 amide bonds. The van der Waals surface area contributed by atoms with Crippen molar-refractivity contribution in [3.8, 4) is 0 Å². The lowest BCUT2D eigenvalue weighted by Gasteiger charge is -2.10. The van der Waals surface area contributed by atoms with Crippen molar-refractivity contribution < 1.29 is 0 Å². The largest absolute Gasteiger partial charge is 0.292 e. The molecule has 0 N–H and O–H groups in total. The zero-order valence-electron chi connectivity index (χ0n) is 13.6. The highest BCUT2D eigenvalue weighted by Gasteiger charge is 2.17. The van der Waals surface area contributed by atoms with E-state index < -0.39 is 0 Å². The normalized spacial score (nSPS) is 12.3. The van der Waals surface area contributed by atoms with Crippen LogP contribution >= 0.6 is 0 Å². The van der Waals surface area contributed by atoms with Crippen LogP contribution in [0.5, 0.6) is 0 Å². The van der Waals surface area contributed by atoms with Crippen LogP contribution in [0.2, 0.25) is 0 Å². The van der Waals surface area contributed by atoms with Crippen molar-refractivity contribution in [1.29, 1.82) is 0 Å². The molecular formula is C21H16N2O. The van der Waals surface area contributed by atoms with Crippen molar-refractivity contribution in [2.45, 2.75) is 19.8 Å². The van der Waals surface area contributed by atoms with Gasteiger partial charge in [-0.15, -0.1) is 0 Å². The summed E-state index contributed by atoms with van der Waals surface area (Å²) in [5.41, 5.74) is 4.16. The van der Waals surface area contributed by atoms with E-state index >= 15 is 0 Å². The quantitative estimate of drug-likeness (QED) is 0.420. The van der Waals surface area contributed by atoms with Crippen LogP contribution in [0.1, 0.15) is 25.3 Å². The van der Waals surface area contributed by atoms with Crippen LogP contribution in [0, 0.1) is 0 Å². The molecule has 0 saturated heterocycles. The third kappa shape index (κ3) is 1.56. The van der Waals surface area contributed by atoms with Crippen molar-refractivity contribution in [3.63, 3.8) is 0 Å². The Morgan fingerprint density at radius 1 is 0.917 bits per heavy atom. The lowest BCUT2D eigenvalue weighted by atomic mass is 10.0. The molecule has 2 aromatic carbocycles. The molecule has 0 unspecified atom stereocenters. The Morgan fingerprint density at radius 3 is 2.54 bits per heavy atom. The zero-order chi connectivity index (χ0) is 16.4. The fraction of sp³-hybridized carbons (Fsp3) is 0.143. The molecule has 0 atom stereocenters. The topological polar surface area (TPSA) is 34.4 Å². The summed E-state index contributed by atoms with van der Waals surface area (Å²) >= 11 is 0. The second-order valence-electron chi connectivity index (χ2n) is 6.67. The van der Waals surface area contributed by atoms with Gasteiger partial charge in [-0.3, -0.25) is 9.20 Å². The Morgan fingerprint density at radius 2 is 1.71 bits per heavy atom. The van der Waals surface area contributed by atoms with Crippen LogP contribution in [-0.4, -0.2) is 9.38 Å². The van der Waals surface area contributed by atoms with E-state index in [-0.39, 0.29) is 5.43 Å². The Kier molecular flexibility index (Phi) is 2.55. The molecule has 0 aliphatic rings. The average Bonchev–Trinajstić information content (AvgIpc) is 2.95. The molecule has 0 aliphatic carbocycles. The Labute approximate surface area is 138 Å². The summed E-state index contributed by atoms with van der Waals surface area (Å²) in [5, 5.41) is 3.69. The van der Waals surface area contributed by atoms with Gasteiger partial charge in [-0.2, -0.15) is 0 Å². The number of fused-ring (bicyclic) bond motifs is 5. The summed E-state index contributed by atoms with van der Waals surface area (Å²) in [5.74, 6) is 0.410. The highest BCUT2D eigenvalue weighted by Crippen LogP contribution is 2.33. The Hall–Kier alpha value is -2.94. The first-order valence-corrected chi connectivity index (χ1v) is 8.24. The number of nitrogens with zero attached hydrogens (tertiary/aromatic N) is 2. The maximum absolute atomic E-state index is 13.0. The lowest BCUT2D eigenvalue weighted by Crippen LogP contribution is -2.07. The molecular weight excluding hydrogens is 296 g/mol. The number of hydrogen-bond acceptors (Lipinski definition) is 2. The van der Waals surface area contributed by atoms with Crippen molar-refractivity contribution in [1.82, 2.24) is 9.38 Å². The number of aromatic nitrogens is 2. The van der Waals surface area contributed by atoms with E-state index in [4.69, 9.17) is 0 Å². The summed E-state index contributed by atoms with van der Waals surface area (Å²) in [6.45, 7) is 4.34. The van der Waals surface area contributed by atoms with Crippen molar-refractivity contribution in [2.75, 3.05) is 0 Å². The summed E-state index contributed by atoms with van der Waals surface area (Å²) in [6, 6.07) is 16.1. The van der Waals surface area contributed by atoms with Gasteiger partial charge in [-0.25, -0.2) is 4.98 Å². The molecule has 3 heterocycles. The second-order valence-corrected chi connectivity index (χ2v) is 6.67. The smallest absolute Gasteiger partial charge is 0.197 e. The second kappa shape index (κ2) is 4.54.